The van der Waals surface area contributed by atoms with E-state index in [1.807, 2.05) is 29.2 Å². The first-order chi connectivity index (χ1) is 14.1. The van der Waals surface area contributed by atoms with Crippen molar-refractivity contribution in [1.29, 1.82) is 0 Å². The maximum absolute atomic E-state index is 11.8. The summed E-state index contributed by atoms with van der Waals surface area (Å²) in [6.07, 6.45) is 2.57. The fourth-order valence-electron chi connectivity index (χ4n) is 3.33. The van der Waals surface area contributed by atoms with Crippen LogP contribution in [0.4, 0.5) is 0 Å². The summed E-state index contributed by atoms with van der Waals surface area (Å²) >= 11 is 5.93. The number of nitrogens with zero attached hydrogens (tertiary/aromatic N) is 2. The van der Waals surface area contributed by atoms with Gasteiger partial charge in [-0.15, -0.1) is 0 Å². The highest BCUT2D eigenvalue weighted by Crippen LogP contribution is 2.15. The minimum absolute atomic E-state index is 0.263. The van der Waals surface area contributed by atoms with Crippen molar-refractivity contribution in [2.75, 3.05) is 19.6 Å². The summed E-state index contributed by atoms with van der Waals surface area (Å²) in [5.41, 5.74) is 3.56. The van der Waals surface area contributed by atoms with Crippen molar-refractivity contribution in [2.45, 2.75) is 39.3 Å². The Bertz CT molecular complexity index is 818. The van der Waals surface area contributed by atoms with Gasteiger partial charge in [-0.05, 0) is 48.6 Å². The molecule has 0 atom stereocenters. The fraction of sp³-hybridized carbons (Fsp3) is 0.391. The van der Waals surface area contributed by atoms with Crippen LogP contribution in [0.3, 0.4) is 0 Å². The van der Waals surface area contributed by atoms with Gasteiger partial charge >= 0.3 is 0 Å². The van der Waals surface area contributed by atoms with E-state index in [1.165, 1.54) is 11.1 Å². The maximum atomic E-state index is 11.8. The highest BCUT2D eigenvalue weighted by Gasteiger charge is 2.19. The van der Waals surface area contributed by atoms with Gasteiger partial charge in [-0.3, -0.25) is 4.79 Å². The Morgan fingerprint density at radius 1 is 1.03 bits per heavy atom. The molecule has 0 spiro atoms. The van der Waals surface area contributed by atoms with Crippen LogP contribution in [-0.4, -0.2) is 36.4 Å². The zero-order chi connectivity index (χ0) is 20.5. The second-order valence-corrected chi connectivity index (χ2v) is 7.67. The molecule has 0 radical (unpaired) electrons. The maximum Gasteiger partial charge on any atom is 0.222 e. The van der Waals surface area contributed by atoms with Gasteiger partial charge in [0.15, 0.2) is 5.96 Å². The summed E-state index contributed by atoms with van der Waals surface area (Å²) in [6.45, 7) is 5.87. The Labute approximate surface area is 178 Å². The molecule has 5 nitrogen and oxygen atoms in total. The van der Waals surface area contributed by atoms with Crippen LogP contribution >= 0.6 is 11.6 Å². The van der Waals surface area contributed by atoms with E-state index in [4.69, 9.17) is 11.6 Å². The first-order valence-electron chi connectivity index (χ1n) is 10.3. The van der Waals surface area contributed by atoms with Gasteiger partial charge in [-0.1, -0.05) is 48.0 Å². The van der Waals surface area contributed by atoms with Crippen molar-refractivity contribution in [1.82, 2.24) is 15.5 Å². The number of likely N-dealkylation sites (tertiary alicyclic amines) is 1. The number of hydrogen-bond acceptors (Lipinski definition) is 2. The van der Waals surface area contributed by atoms with Gasteiger partial charge in [-0.2, -0.15) is 0 Å². The molecule has 1 fully saturated rings. The molecule has 1 saturated heterocycles. The molecule has 1 heterocycles. The minimum Gasteiger partial charge on any atom is -0.357 e. The molecule has 6 heteroatoms. The molecular formula is C23H29ClN4O. The van der Waals surface area contributed by atoms with E-state index < -0.39 is 0 Å². The molecule has 1 amide bonds. The van der Waals surface area contributed by atoms with Gasteiger partial charge in [0, 0.05) is 37.6 Å². The number of rotatable bonds is 8. The number of carbonyl (C=O) groups excluding carboxylic acids is 1. The van der Waals surface area contributed by atoms with Crippen molar-refractivity contribution in [3.8, 4) is 0 Å². The number of guanidine groups is 1. The second kappa shape index (κ2) is 10.9. The lowest BCUT2D eigenvalue weighted by molar-refractivity contribution is -0.128. The summed E-state index contributed by atoms with van der Waals surface area (Å²) in [7, 11) is 0. The summed E-state index contributed by atoms with van der Waals surface area (Å²) < 4.78 is 0. The molecule has 0 saturated carbocycles. The van der Waals surface area contributed by atoms with E-state index in [-0.39, 0.29) is 5.91 Å². The number of hydrogen-bond donors (Lipinski definition) is 2. The smallest absolute Gasteiger partial charge is 0.222 e. The summed E-state index contributed by atoms with van der Waals surface area (Å²) in [4.78, 5) is 18.4. The number of carbonyl (C=O) groups is 1. The molecule has 3 rings (SSSR count). The zero-order valence-corrected chi connectivity index (χ0v) is 17.7. The molecule has 0 aliphatic carbocycles. The number of halogens is 1. The molecule has 154 valence electrons. The van der Waals surface area contributed by atoms with Crippen LogP contribution in [0, 0.1) is 0 Å². The van der Waals surface area contributed by atoms with Gasteiger partial charge in [0.1, 0.15) is 0 Å². The molecule has 0 bridgehead atoms. The topological polar surface area (TPSA) is 56.7 Å². The van der Waals surface area contributed by atoms with E-state index >= 15 is 0 Å². The Balaban J connectivity index is 1.49. The Morgan fingerprint density at radius 2 is 1.72 bits per heavy atom. The Hall–Kier alpha value is -2.53. The van der Waals surface area contributed by atoms with Crippen molar-refractivity contribution < 1.29 is 4.79 Å². The van der Waals surface area contributed by atoms with E-state index in [0.717, 1.165) is 49.0 Å². The lowest BCUT2D eigenvalue weighted by Crippen LogP contribution is -2.38. The average Bonchev–Trinajstić information content (AvgIpc) is 3.13. The van der Waals surface area contributed by atoms with Crippen molar-refractivity contribution in [3.63, 3.8) is 0 Å². The number of aliphatic imine (C=N–C) groups is 1. The monoisotopic (exact) mass is 412 g/mol. The fourth-order valence-corrected chi connectivity index (χ4v) is 3.46. The molecule has 2 aromatic rings. The first-order valence-corrected chi connectivity index (χ1v) is 10.6. The van der Waals surface area contributed by atoms with Gasteiger partial charge in [0.05, 0.1) is 6.54 Å². The Morgan fingerprint density at radius 3 is 2.38 bits per heavy atom. The quantitative estimate of drug-likeness (QED) is 0.512. The standard InChI is InChI=1S/C23H29ClN4O/c1-2-25-23(26-14-13-18-9-11-21(24)12-10-18)27-16-19-5-7-20(8-6-19)17-28-15-3-4-22(28)29/h5-12H,2-4,13-17H2,1H3,(H2,25,26,27). The van der Waals surface area contributed by atoms with E-state index in [9.17, 15) is 4.79 Å². The summed E-state index contributed by atoms with van der Waals surface area (Å²) in [5.74, 6) is 1.08. The predicted octanol–water partition coefficient (Wildman–Crippen LogP) is 3.76. The number of amides is 1. The largest absolute Gasteiger partial charge is 0.357 e. The van der Waals surface area contributed by atoms with Crippen LogP contribution < -0.4 is 10.6 Å². The SMILES string of the molecule is CCNC(=NCc1ccc(CN2CCCC2=O)cc1)NCCc1ccc(Cl)cc1. The number of benzene rings is 2. The normalized spacial score (nSPS) is 14.3. The van der Waals surface area contributed by atoms with Crippen LogP contribution in [0.25, 0.3) is 0 Å². The van der Waals surface area contributed by atoms with Crippen LogP contribution in [-0.2, 0) is 24.3 Å². The molecule has 0 unspecified atom stereocenters. The number of nitrogens with one attached hydrogen (secondary N) is 2. The minimum atomic E-state index is 0.263. The van der Waals surface area contributed by atoms with Crippen LogP contribution in [0.1, 0.15) is 36.5 Å². The molecule has 0 aromatic heterocycles. The lowest BCUT2D eigenvalue weighted by Gasteiger charge is -2.15. The molecule has 1 aliphatic heterocycles. The third kappa shape index (κ3) is 6.79. The molecule has 2 N–H and O–H groups in total. The highest BCUT2D eigenvalue weighted by molar-refractivity contribution is 6.30. The third-order valence-electron chi connectivity index (χ3n) is 4.95. The first kappa shape index (κ1) is 21.2. The molecule has 2 aromatic carbocycles. The van der Waals surface area contributed by atoms with E-state index in [0.29, 0.717) is 19.5 Å². The molecular weight excluding hydrogens is 384 g/mol. The van der Waals surface area contributed by atoms with Crippen LogP contribution in [0.15, 0.2) is 53.5 Å². The van der Waals surface area contributed by atoms with Crippen LogP contribution in [0.2, 0.25) is 5.02 Å². The van der Waals surface area contributed by atoms with Gasteiger partial charge < -0.3 is 15.5 Å². The summed E-state index contributed by atoms with van der Waals surface area (Å²) in [6, 6.07) is 16.3. The zero-order valence-electron chi connectivity index (χ0n) is 17.0. The van der Waals surface area contributed by atoms with Crippen molar-refractivity contribution in [2.24, 2.45) is 4.99 Å². The summed E-state index contributed by atoms with van der Waals surface area (Å²) in [5, 5.41) is 7.43. The second-order valence-electron chi connectivity index (χ2n) is 7.23. The van der Waals surface area contributed by atoms with E-state index in [1.54, 1.807) is 0 Å². The van der Waals surface area contributed by atoms with E-state index in [2.05, 4.69) is 46.8 Å². The molecule has 29 heavy (non-hydrogen) atoms. The molecule has 1 aliphatic rings. The lowest BCUT2D eigenvalue weighted by atomic mass is 10.1. The average molecular weight is 413 g/mol. The highest BCUT2D eigenvalue weighted by atomic mass is 35.5. The van der Waals surface area contributed by atoms with Crippen LogP contribution in [0.5, 0.6) is 0 Å². The predicted molar refractivity (Wildman–Crippen MR) is 119 cm³/mol. The van der Waals surface area contributed by atoms with Gasteiger partial charge in [0.2, 0.25) is 5.91 Å². The Kier molecular flexibility index (Phi) is 7.94. The van der Waals surface area contributed by atoms with Gasteiger partial charge in [0.25, 0.3) is 0 Å². The third-order valence-corrected chi connectivity index (χ3v) is 5.20. The van der Waals surface area contributed by atoms with Gasteiger partial charge in [-0.25, -0.2) is 4.99 Å². The van der Waals surface area contributed by atoms with Crippen molar-refractivity contribution >= 4 is 23.5 Å². The van der Waals surface area contributed by atoms with Crippen molar-refractivity contribution in [3.05, 3.63) is 70.2 Å².